The smallest absolute Gasteiger partial charge is 0.224 e. The Bertz CT molecular complexity index is 894. The zero-order valence-electron chi connectivity index (χ0n) is 13.1. The number of aromatic nitrogens is 3. The zero-order valence-corrected chi connectivity index (χ0v) is 14.6. The quantitative estimate of drug-likeness (QED) is 0.648. The number of anilines is 2. The third-order valence-corrected chi connectivity index (χ3v) is 4.55. The van der Waals surface area contributed by atoms with Crippen molar-refractivity contribution in [2.75, 3.05) is 29.6 Å². The second-order valence-corrected chi connectivity index (χ2v) is 6.57. The van der Waals surface area contributed by atoms with Crippen LogP contribution in [0.1, 0.15) is 5.69 Å². The lowest BCUT2D eigenvalue weighted by Crippen LogP contribution is -2.26. The standard InChI is InChI=1S/C17H15Cl2N5/c1-11-8-16(22-17(19)21-11)24-7-6-23(10-24)15-4-5-20-14-9-12(18)2-3-13(14)15/h2-5,8-9H,6-7,10H2,1H3. The molecule has 1 aromatic carbocycles. The zero-order chi connectivity index (χ0) is 16.7. The van der Waals surface area contributed by atoms with Gasteiger partial charge in [-0.3, -0.25) is 4.98 Å². The van der Waals surface area contributed by atoms with Gasteiger partial charge in [-0.2, -0.15) is 0 Å². The maximum atomic E-state index is 6.08. The highest BCUT2D eigenvalue weighted by Crippen LogP contribution is 2.30. The van der Waals surface area contributed by atoms with Crippen LogP contribution < -0.4 is 9.80 Å². The average molecular weight is 360 g/mol. The Kier molecular flexibility index (Phi) is 3.90. The van der Waals surface area contributed by atoms with E-state index in [0.29, 0.717) is 5.02 Å². The number of hydrogen-bond acceptors (Lipinski definition) is 5. The average Bonchev–Trinajstić information content (AvgIpc) is 3.03. The van der Waals surface area contributed by atoms with Gasteiger partial charge in [0.15, 0.2) is 0 Å². The molecule has 0 atom stereocenters. The van der Waals surface area contributed by atoms with Crippen molar-refractivity contribution in [1.82, 2.24) is 15.0 Å². The van der Waals surface area contributed by atoms with Crippen molar-refractivity contribution in [2.45, 2.75) is 6.92 Å². The fourth-order valence-corrected chi connectivity index (χ4v) is 3.42. The molecule has 0 radical (unpaired) electrons. The van der Waals surface area contributed by atoms with Gasteiger partial charge in [0, 0.05) is 47.1 Å². The summed E-state index contributed by atoms with van der Waals surface area (Å²) in [6.07, 6.45) is 1.82. The summed E-state index contributed by atoms with van der Waals surface area (Å²) in [7, 11) is 0. The third-order valence-electron chi connectivity index (χ3n) is 4.14. The van der Waals surface area contributed by atoms with Crippen molar-refractivity contribution in [3.8, 4) is 0 Å². The SMILES string of the molecule is Cc1cc(N2CCN(c3ccnc4cc(Cl)ccc34)C2)nc(Cl)n1. The van der Waals surface area contributed by atoms with Crippen molar-refractivity contribution in [1.29, 1.82) is 0 Å². The van der Waals surface area contributed by atoms with Crippen LogP contribution in [-0.2, 0) is 0 Å². The van der Waals surface area contributed by atoms with Crippen LogP contribution >= 0.6 is 23.2 Å². The molecule has 3 heterocycles. The van der Waals surface area contributed by atoms with Crippen molar-refractivity contribution >= 4 is 45.6 Å². The normalized spacial score (nSPS) is 14.6. The summed E-state index contributed by atoms with van der Waals surface area (Å²) in [5.74, 6) is 0.858. The Balaban J connectivity index is 1.65. The highest BCUT2D eigenvalue weighted by atomic mass is 35.5. The molecule has 1 aliphatic rings. The topological polar surface area (TPSA) is 45.2 Å². The summed E-state index contributed by atoms with van der Waals surface area (Å²) in [6, 6.07) is 9.81. The predicted octanol–water partition coefficient (Wildman–Crippen LogP) is 3.92. The molecule has 7 heteroatoms. The summed E-state index contributed by atoms with van der Waals surface area (Å²) in [6.45, 7) is 4.45. The summed E-state index contributed by atoms with van der Waals surface area (Å²) < 4.78 is 0. The Morgan fingerprint density at radius 3 is 2.67 bits per heavy atom. The van der Waals surface area contributed by atoms with Crippen molar-refractivity contribution < 1.29 is 0 Å². The fraction of sp³-hybridized carbons (Fsp3) is 0.235. The molecular formula is C17H15Cl2N5. The minimum Gasteiger partial charge on any atom is -0.351 e. The molecule has 0 unspecified atom stereocenters. The highest BCUT2D eigenvalue weighted by Gasteiger charge is 2.23. The van der Waals surface area contributed by atoms with Gasteiger partial charge in [-0.05, 0) is 42.8 Å². The van der Waals surface area contributed by atoms with Gasteiger partial charge in [0.1, 0.15) is 5.82 Å². The van der Waals surface area contributed by atoms with E-state index in [4.69, 9.17) is 23.2 Å². The van der Waals surface area contributed by atoms with E-state index >= 15 is 0 Å². The van der Waals surface area contributed by atoms with E-state index in [2.05, 4.69) is 24.8 Å². The van der Waals surface area contributed by atoms with E-state index in [1.165, 1.54) is 0 Å². The van der Waals surface area contributed by atoms with E-state index in [9.17, 15) is 0 Å². The molecule has 0 saturated carbocycles. The summed E-state index contributed by atoms with van der Waals surface area (Å²) in [4.78, 5) is 17.4. The van der Waals surface area contributed by atoms with E-state index in [0.717, 1.165) is 47.9 Å². The van der Waals surface area contributed by atoms with Crippen LogP contribution in [0.3, 0.4) is 0 Å². The molecule has 1 fully saturated rings. The molecule has 0 bridgehead atoms. The second-order valence-electron chi connectivity index (χ2n) is 5.80. The fourth-order valence-electron chi connectivity index (χ4n) is 3.03. The van der Waals surface area contributed by atoms with Crippen LogP contribution in [0.25, 0.3) is 10.9 Å². The Morgan fingerprint density at radius 1 is 1.00 bits per heavy atom. The van der Waals surface area contributed by atoms with Crippen LogP contribution in [0.15, 0.2) is 36.5 Å². The lowest BCUT2D eigenvalue weighted by Gasteiger charge is -2.22. The third kappa shape index (κ3) is 2.85. The van der Waals surface area contributed by atoms with Crippen molar-refractivity contribution in [3.63, 3.8) is 0 Å². The van der Waals surface area contributed by atoms with Crippen LogP contribution in [0.2, 0.25) is 10.3 Å². The van der Waals surface area contributed by atoms with E-state index < -0.39 is 0 Å². The maximum Gasteiger partial charge on any atom is 0.224 e. The molecular weight excluding hydrogens is 345 g/mol. The number of fused-ring (bicyclic) bond motifs is 1. The molecule has 5 nitrogen and oxygen atoms in total. The first-order valence-corrected chi connectivity index (χ1v) is 8.41. The van der Waals surface area contributed by atoms with Gasteiger partial charge in [0.2, 0.25) is 5.28 Å². The molecule has 1 aliphatic heterocycles. The van der Waals surface area contributed by atoms with Crippen LogP contribution in [0.5, 0.6) is 0 Å². The van der Waals surface area contributed by atoms with Gasteiger partial charge >= 0.3 is 0 Å². The number of aryl methyl sites for hydroxylation is 1. The van der Waals surface area contributed by atoms with Crippen molar-refractivity contribution in [3.05, 3.63) is 52.5 Å². The maximum absolute atomic E-state index is 6.08. The van der Waals surface area contributed by atoms with Gasteiger partial charge in [0.25, 0.3) is 0 Å². The van der Waals surface area contributed by atoms with Crippen LogP contribution in [-0.4, -0.2) is 34.7 Å². The number of halogens is 2. The van der Waals surface area contributed by atoms with Crippen LogP contribution in [0, 0.1) is 6.92 Å². The highest BCUT2D eigenvalue weighted by molar-refractivity contribution is 6.31. The molecule has 1 saturated heterocycles. The summed E-state index contributed by atoms with van der Waals surface area (Å²) >= 11 is 12.1. The molecule has 24 heavy (non-hydrogen) atoms. The van der Waals surface area contributed by atoms with Gasteiger partial charge in [-0.15, -0.1) is 0 Å². The summed E-state index contributed by atoms with van der Waals surface area (Å²) in [5, 5.41) is 2.08. The molecule has 2 aromatic heterocycles. The Morgan fingerprint density at radius 2 is 1.83 bits per heavy atom. The minimum atomic E-state index is 0.285. The first-order valence-electron chi connectivity index (χ1n) is 7.65. The van der Waals surface area contributed by atoms with Gasteiger partial charge in [-0.25, -0.2) is 9.97 Å². The van der Waals surface area contributed by atoms with Gasteiger partial charge in [-0.1, -0.05) is 11.6 Å². The van der Waals surface area contributed by atoms with E-state index in [1.807, 2.05) is 43.5 Å². The first kappa shape index (κ1) is 15.4. The lowest BCUT2D eigenvalue weighted by atomic mass is 10.2. The molecule has 0 aliphatic carbocycles. The summed E-state index contributed by atoms with van der Waals surface area (Å²) in [5.41, 5.74) is 2.92. The molecule has 0 amide bonds. The molecule has 0 N–H and O–H groups in total. The number of hydrogen-bond donors (Lipinski definition) is 0. The van der Waals surface area contributed by atoms with Crippen LogP contribution in [0.4, 0.5) is 11.5 Å². The number of pyridine rings is 1. The largest absolute Gasteiger partial charge is 0.351 e. The molecule has 3 aromatic rings. The first-order chi connectivity index (χ1) is 11.6. The molecule has 122 valence electrons. The number of rotatable bonds is 2. The van der Waals surface area contributed by atoms with Crippen molar-refractivity contribution in [2.24, 2.45) is 0 Å². The molecule has 4 rings (SSSR count). The minimum absolute atomic E-state index is 0.285. The van der Waals surface area contributed by atoms with Gasteiger partial charge < -0.3 is 9.80 Å². The van der Waals surface area contributed by atoms with Gasteiger partial charge in [0.05, 0.1) is 12.2 Å². The Labute approximate surface area is 149 Å². The van der Waals surface area contributed by atoms with E-state index in [-0.39, 0.29) is 5.28 Å². The Hall–Kier alpha value is -2.11. The number of nitrogens with zero attached hydrogens (tertiary/aromatic N) is 5. The van der Waals surface area contributed by atoms with E-state index in [1.54, 1.807) is 0 Å². The lowest BCUT2D eigenvalue weighted by molar-refractivity contribution is 0.915. The second kappa shape index (κ2) is 6.07. The predicted molar refractivity (Wildman–Crippen MR) is 98.1 cm³/mol. The number of benzene rings is 1. The monoisotopic (exact) mass is 359 g/mol. The molecule has 0 spiro atoms.